The van der Waals surface area contributed by atoms with Gasteiger partial charge in [-0.3, -0.25) is 4.79 Å². The molecule has 1 amide bonds. The van der Waals surface area contributed by atoms with E-state index in [4.69, 9.17) is 4.74 Å². The maximum Gasteiger partial charge on any atom is 0.408 e. The first-order valence-corrected chi connectivity index (χ1v) is 12.6. The van der Waals surface area contributed by atoms with Crippen molar-refractivity contribution in [3.05, 3.63) is 70.4 Å². The Labute approximate surface area is 209 Å². The Hall–Kier alpha value is -3.31. The number of thioether (sulfide) groups is 1. The summed E-state index contributed by atoms with van der Waals surface area (Å²) in [5.41, 5.74) is 2.77. The van der Waals surface area contributed by atoms with E-state index >= 15 is 0 Å². The second-order valence-corrected chi connectivity index (χ2v) is 10.1. The summed E-state index contributed by atoms with van der Waals surface area (Å²) in [5.74, 6) is -0.0853. The van der Waals surface area contributed by atoms with Crippen LogP contribution in [0.15, 0.2) is 58.6 Å². The summed E-state index contributed by atoms with van der Waals surface area (Å²) in [5, 5.41) is 15.6. The summed E-state index contributed by atoms with van der Waals surface area (Å²) in [4.78, 5) is 27.0. The Kier molecular flexibility index (Phi) is 8.57. The van der Waals surface area contributed by atoms with Gasteiger partial charge in [0, 0.05) is 28.3 Å². The Morgan fingerprint density at radius 2 is 2.00 bits per heavy atom. The van der Waals surface area contributed by atoms with Crippen molar-refractivity contribution in [2.24, 2.45) is 0 Å². The molecule has 0 saturated heterocycles. The topological polar surface area (TPSA) is 91.2 Å². The van der Waals surface area contributed by atoms with Crippen LogP contribution < -0.4 is 10.6 Å². The molecule has 1 atom stereocenters. The molecule has 0 bridgehead atoms. The summed E-state index contributed by atoms with van der Waals surface area (Å²) in [7, 11) is 0. The molecule has 1 aliphatic rings. The third-order valence-electron chi connectivity index (χ3n) is 5.46. The first-order chi connectivity index (χ1) is 16.6. The predicted molar refractivity (Wildman–Crippen MR) is 136 cm³/mol. The monoisotopic (exact) mass is 495 g/mol. The number of carbonyl (C=O) groups is 2. The van der Waals surface area contributed by atoms with E-state index in [0.29, 0.717) is 52.9 Å². The number of nitriles is 1. The zero-order chi connectivity index (χ0) is 25.6. The highest BCUT2D eigenvalue weighted by molar-refractivity contribution is 7.98. The maximum absolute atomic E-state index is 13.3. The fraction of sp³-hybridized carbons (Fsp3) is 0.370. The standard InChI is InChI=1S/C27H30FN3O3S/c1-27(2,3)34-26(33)31-25(20-12-11-18(16-29)14-23(20)35-4)24-21(9-6-10-22(24)32)30-19-8-5-7-17(13-19)15-28/h5,7-8,11-14,25,30H,6,9-10,15H2,1-4H3,(H,31,33). The molecule has 0 heterocycles. The average molecular weight is 496 g/mol. The number of alkyl halides is 1. The third kappa shape index (κ3) is 6.86. The van der Waals surface area contributed by atoms with Gasteiger partial charge in [-0.25, -0.2) is 9.18 Å². The highest BCUT2D eigenvalue weighted by atomic mass is 32.2. The van der Waals surface area contributed by atoms with E-state index in [0.717, 1.165) is 4.90 Å². The predicted octanol–water partition coefficient (Wildman–Crippen LogP) is 6.43. The number of ether oxygens (including phenoxy) is 1. The summed E-state index contributed by atoms with van der Waals surface area (Å²) in [6.07, 6.45) is 2.84. The minimum atomic E-state index is -0.792. The fourth-order valence-corrected chi connectivity index (χ4v) is 4.65. The molecular formula is C27H30FN3O3S. The zero-order valence-corrected chi connectivity index (χ0v) is 21.2. The molecule has 0 radical (unpaired) electrons. The fourth-order valence-electron chi connectivity index (χ4n) is 3.98. The number of hydrogen-bond acceptors (Lipinski definition) is 6. The lowest BCUT2D eigenvalue weighted by Crippen LogP contribution is -2.38. The Morgan fingerprint density at radius 1 is 1.23 bits per heavy atom. The number of nitrogens with zero attached hydrogens (tertiary/aromatic N) is 1. The third-order valence-corrected chi connectivity index (χ3v) is 6.25. The Morgan fingerprint density at radius 3 is 2.66 bits per heavy atom. The lowest BCUT2D eigenvalue weighted by atomic mass is 9.86. The van der Waals surface area contributed by atoms with Gasteiger partial charge in [-0.15, -0.1) is 11.8 Å². The minimum absolute atomic E-state index is 0.0853. The van der Waals surface area contributed by atoms with Crippen molar-refractivity contribution in [1.29, 1.82) is 5.26 Å². The lowest BCUT2D eigenvalue weighted by molar-refractivity contribution is -0.116. The molecule has 6 nitrogen and oxygen atoms in total. The average Bonchev–Trinajstić information content (AvgIpc) is 2.81. The van der Waals surface area contributed by atoms with E-state index in [2.05, 4.69) is 16.7 Å². The van der Waals surface area contributed by atoms with Crippen LogP contribution >= 0.6 is 11.8 Å². The van der Waals surface area contributed by atoms with E-state index in [1.807, 2.05) is 12.3 Å². The van der Waals surface area contributed by atoms with Crippen LogP contribution in [0.2, 0.25) is 0 Å². The molecule has 1 unspecified atom stereocenters. The number of allylic oxidation sites excluding steroid dienone is 1. The van der Waals surface area contributed by atoms with E-state index < -0.39 is 24.4 Å². The van der Waals surface area contributed by atoms with Gasteiger partial charge in [0.05, 0.1) is 17.7 Å². The Bertz CT molecular complexity index is 1180. The van der Waals surface area contributed by atoms with Crippen molar-refractivity contribution in [3.8, 4) is 6.07 Å². The molecule has 0 fully saturated rings. The summed E-state index contributed by atoms with van der Waals surface area (Å²) >= 11 is 1.43. The molecule has 2 aromatic rings. The molecule has 1 aliphatic carbocycles. The number of hydrogen-bond donors (Lipinski definition) is 2. The highest BCUT2D eigenvalue weighted by Gasteiger charge is 2.33. The molecule has 3 rings (SSSR count). The van der Waals surface area contributed by atoms with Gasteiger partial charge in [-0.05, 0) is 75.3 Å². The zero-order valence-electron chi connectivity index (χ0n) is 20.4. The van der Waals surface area contributed by atoms with Crippen LogP contribution in [0.4, 0.5) is 14.9 Å². The molecule has 0 saturated carbocycles. The summed E-state index contributed by atoms with van der Waals surface area (Å²) in [6.45, 7) is 4.72. The smallest absolute Gasteiger partial charge is 0.408 e. The quantitative estimate of drug-likeness (QED) is 0.430. The van der Waals surface area contributed by atoms with E-state index in [9.17, 15) is 19.2 Å². The molecule has 35 heavy (non-hydrogen) atoms. The van der Waals surface area contributed by atoms with Gasteiger partial charge >= 0.3 is 6.09 Å². The SMILES string of the molecule is CSc1cc(C#N)ccc1C(NC(=O)OC(C)(C)C)C1=C(Nc2cccc(CF)c2)CCCC1=O. The van der Waals surface area contributed by atoms with Gasteiger partial charge < -0.3 is 15.4 Å². The maximum atomic E-state index is 13.3. The van der Waals surface area contributed by atoms with Gasteiger partial charge in [0.1, 0.15) is 12.3 Å². The van der Waals surface area contributed by atoms with Crippen LogP contribution in [0.3, 0.4) is 0 Å². The molecule has 2 aromatic carbocycles. The molecule has 2 N–H and O–H groups in total. The van der Waals surface area contributed by atoms with Crippen LogP contribution in [0, 0.1) is 11.3 Å². The summed E-state index contributed by atoms with van der Waals surface area (Å²) < 4.78 is 18.7. The van der Waals surface area contributed by atoms with Gasteiger partial charge in [-0.1, -0.05) is 18.2 Å². The number of halogens is 1. The van der Waals surface area contributed by atoms with Gasteiger partial charge in [-0.2, -0.15) is 5.26 Å². The van der Waals surface area contributed by atoms with E-state index in [1.54, 1.807) is 57.2 Å². The molecule has 0 aliphatic heterocycles. The van der Waals surface area contributed by atoms with Crippen LogP contribution in [-0.2, 0) is 16.2 Å². The Balaban J connectivity index is 2.13. The van der Waals surface area contributed by atoms with Gasteiger partial charge in [0.25, 0.3) is 0 Å². The van der Waals surface area contributed by atoms with Crippen molar-refractivity contribution in [2.45, 2.75) is 63.2 Å². The van der Waals surface area contributed by atoms with Gasteiger partial charge in [0.2, 0.25) is 0 Å². The number of rotatable bonds is 7. The highest BCUT2D eigenvalue weighted by Crippen LogP contribution is 2.37. The van der Waals surface area contributed by atoms with Crippen LogP contribution in [-0.4, -0.2) is 23.7 Å². The molecule has 0 spiro atoms. The number of alkyl carbamates (subject to hydrolysis) is 1. The molecule has 0 aromatic heterocycles. The first kappa shape index (κ1) is 26.3. The second kappa shape index (κ2) is 11.4. The molecule has 8 heteroatoms. The number of nitrogens with one attached hydrogen (secondary N) is 2. The first-order valence-electron chi connectivity index (χ1n) is 11.4. The number of Topliss-reactive ketones (excluding diaryl/α,β-unsaturated/α-hetero) is 1. The largest absolute Gasteiger partial charge is 0.444 e. The van der Waals surface area contributed by atoms with E-state index in [-0.39, 0.29) is 5.78 Å². The lowest BCUT2D eigenvalue weighted by Gasteiger charge is -2.30. The number of benzene rings is 2. The number of anilines is 1. The molecular weight excluding hydrogens is 465 g/mol. The van der Waals surface area contributed by atoms with Crippen molar-refractivity contribution in [3.63, 3.8) is 0 Å². The summed E-state index contributed by atoms with van der Waals surface area (Å²) in [6, 6.07) is 13.5. The van der Waals surface area contributed by atoms with E-state index in [1.165, 1.54) is 11.8 Å². The van der Waals surface area contributed by atoms with Crippen molar-refractivity contribution < 1.29 is 18.7 Å². The van der Waals surface area contributed by atoms with Crippen LogP contribution in [0.5, 0.6) is 0 Å². The van der Waals surface area contributed by atoms with Gasteiger partial charge in [0.15, 0.2) is 5.78 Å². The van der Waals surface area contributed by atoms with Crippen molar-refractivity contribution in [1.82, 2.24) is 5.32 Å². The second-order valence-electron chi connectivity index (χ2n) is 9.28. The van der Waals surface area contributed by atoms with Crippen LogP contribution in [0.25, 0.3) is 0 Å². The van der Waals surface area contributed by atoms with Crippen LogP contribution in [0.1, 0.15) is 62.8 Å². The molecule has 184 valence electrons. The number of ketones is 1. The number of carbonyl (C=O) groups excluding carboxylic acids is 2. The normalized spacial score (nSPS) is 14.8. The van der Waals surface area contributed by atoms with Crippen molar-refractivity contribution >= 4 is 29.3 Å². The van der Waals surface area contributed by atoms with Crippen molar-refractivity contribution in [2.75, 3.05) is 11.6 Å². The minimum Gasteiger partial charge on any atom is -0.444 e. The number of amides is 1.